The Morgan fingerprint density at radius 1 is 1.11 bits per heavy atom. The second kappa shape index (κ2) is 5.22. The van der Waals surface area contributed by atoms with Crippen LogP contribution in [0.1, 0.15) is 27.2 Å². The predicted octanol–water partition coefficient (Wildman–Crippen LogP) is 2.28. The van der Waals surface area contributed by atoms with Gasteiger partial charge in [0, 0.05) is 28.8 Å². The van der Waals surface area contributed by atoms with Crippen molar-refractivity contribution in [2.75, 3.05) is 11.9 Å². The molecule has 0 unspecified atom stereocenters. The number of ketones is 2. The highest BCUT2D eigenvalue weighted by Crippen LogP contribution is 2.26. The number of hydrogen-bond donors (Lipinski definition) is 1. The zero-order valence-corrected chi connectivity index (χ0v) is 11.2. The second-order valence-electron chi connectivity index (χ2n) is 4.56. The van der Waals surface area contributed by atoms with E-state index in [1.165, 1.54) is 12.7 Å². The molecule has 5 heteroatoms. The molecule has 0 spiro atoms. The Labute approximate surface area is 111 Å². The lowest BCUT2D eigenvalue weighted by atomic mass is 9.84. The molecule has 0 saturated carbocycles. The van der Waals surface area contributed by atoms with E-state index < -0.39 is 0 Å². The number of allylic oxidation sites excluding steroid dienone is 3. The Balaban J connectivity index is 2.07. The Kier molecular flexibility index (Phi) is 3.64. The Morgan fingerprint density at radius 3 is 2.42 bits per heavy atom. The number of carbonyl (C=O) groups is 2. The number of nitrogens with one attached hydrogen (secondary N) is 1. The fourth-order valence-electron chi connectivity index (χ4n) is 2.07. The van der Waals surface area contributed by atoms with Crippen LogP contribution in [0.2, 0.25) is 0 Å². The molecular formula is C14H16N2O3. The van der Waals surface area contributed by atoms with Crippen molar-refractivity contribution in [3.8, 4) is 0 Å². The van der Waals surface area contributed by atoms with Gasteiger partial charge in [0.1, 0.15) is 6.26 Å². The van der Waals surface area contributed by atoms with Gasteiger partial charge in [0.15, 0.2) is 23.8 Å². The van der Waals surface area contributed by atoms with Crippen LogP contribution in [0.5, 0.6) is 0 Å². The number of rotatable bonds is 4. The Morgan fingerprint density at radius 2 is 1.79 bits per heavy atom. The maximum absolute atomic E-state index is 12.2. The highest BCUT2D eigenvalue weighted by molar-refractivity contribution is 6.24. The Hall–Kier alpha value is -2.17. The maximum atomic E-state index is 12.2. The molecule has 0 radical (unpaired) electrons. The molecule has 1 heterocycles. The van der Waals surface area contributed by atoms with E-state index in [-0.39, 0.29) is 11.6 Å². The number of hydrogen-bond acceptors (Lipinski definition) is 5. The lowest BCUT2D eigenvalue weighted by Gasteiger charge is -2.18. The summed E-state index contributed by atoms with van der Waals surface area (Å²) >= 11 is 0. The molecule has 1 N–H and O–H groups in total. The molecular weight excluding hydrogens is 244 g/mol. The minimum absolute atomic E-state index is 0.0310. The van der Waals surface area contributed by atoms with Crippen molar-refractivity contribution in [1.82, 2.24) is 4.98 Å². The average molecular weight is 260 g/mol. The molecule has 1 aliphatic rings. The van der Waals surface area contributed by atoms with Crippen molar-refractivity contribution < 1.29 is 14.0 Å². The van der Waals surface area contributed by atoms with Crippen molar-refractivity contribution in [3.63, 3.8) is 0 Å². The normalized spacial score (nSPS) is 16.4. The average Bonchev–Trinajstić information content (AvgIpc) is 2.91. The van der Waals surface area contributed by atoms with Gasteiger partial charge in [-0.2, -0.15) is 4.98 Å². The fourth-order valence-corrected chi connectivity index (χ4v) is 2.07. The van der Waals surface area contributed by atoms with E-state index in [9.17, 15) is 9.59 Å². The number of nitrogens with zero attached hydrogens (tertiary/aromatic N) is 1. The largest absolute Gasteiger partial charge is 0.449 e. The topological polar surface area (TPSA) is 72.2 Å². The van der Waals surface area contributed by atoms with Gasteiger partial charge in [-0.1, -0.05) is 0 Å². The van der Waals surface area contributed by atoms with Gasteiger partial charge in [0.2, 0.25) is 0 Å². The molecule has 1 aromatic rings. The number of oxazole rings is 1. The molecule has 2 rings (SSSR count). The lowest BCUT2D eigenvalue weighted by molar-refractivity contribution is -0.116. The number of carbonyl (C=O) groups excluding carboxylic acids is 2. The van der Waals surface area contributed by atoms with Gasteiger partial charge in [-0.3, -0.25) is 9.59 Å². The van der Waals surface area contributed by atoms with Crippen molar-refractivity contribution in [2.45, 2.75) is 27.2 Å². The van der Waals surface area contributed by atoms with Crippen molar-refractivity contribution in [3.05, 3.63) is 34.9 Å². The predicted molar refractivity (Wildman–Crippen MR) is 70.7 cm³/mol. The third kappa shape index (κ3) is 2.50. The van der Waals surface area contributed by atoms with Gasteiger partial charge < -0.3 is 9.73 Å². The van der Waals surface area contributed by atoms with Crippen LogP contribution in [0.4, 0.5) is 5.82 Å². The van der Waals surface area contributed by atoms with Crippen LogP contribution in [0.25, 0.3) is 0 Å². The van der Waals surface area contributed by atoms with Crippen molar-refractivity contribution in [1.29, 1.82) is 0 Å². The SMILES string of the molecule is CC1=C(C)C(=O)C(CCNc2cocn2)=C(C)C1=O. The van der Waals surface area contributed by atoms with E-state index in [2.05, 4.69) is 10.3 Å². The van der Waals surface area contributed by atoms with Crippen LogP contribution in [-0.4, -0.2) is 23.1 Å². The quantitative estimate of drug-likeness (QED) is 0.841. The first-order chi connectivity index (χ1) is 9.02. The number of Topliss-reactive ketones (excluding diaryl/α,β-unsaturated/α-hetero) is 2. The summed E-state index contributed by atoms with van der Waals surface area (Å²) in [6.45, 7) is 5.64. The summed E-state index contributed by atoms with van der Waals surface area (Å²) in [5, 5.41) is 3.04. The molecule has 1 aliphatic carbocycles. The van der Waals surface area contributed by atoms with Crippen LogP contribution >= 0.6 is 0 Å². The van der Waals surface area contributed by atoms with Gasteiger partial charge in [0.05, 0.1) is 0 Å². The Bertz CT molecular complexity index is 580. The van der Waals surface area contributed by atoms with Gasteiger partial charge in [-0.05, 0) is 27.2 Å². The molecule has 0 atom stereocenters. The standard InChI is InChI=1S/C14H16N2O3/c1-8-9(2)14(18)11(10(3)13(8)17)4-5-15-12-6-19-7-16-12/h6-7,15H,4-5H2,1-3H3. The van der Waals surface area contributed by atoms with Crippen molar-refractivity contribution in [2.24, 2.45) is 0 Å². The lowest BCUT2D eigenvalue weighted by Crippen LogP contribution is -2.22. The summed E-state index contributed by atoms with van der Waals surface area (Å²) in [7, 11) is 0. The smallest absolute Gasteiger partial charge is 0.185 e. The van der Waals surface area contributed by atoms with Crippen LogP contribution in [-0.2, 0) is 9.59 Å². The number of anilines is 1. The van der Waals surface area contributed by atoms with Gasteiger partial charge in [-0.15, -0.1) is 0 Å². The summed E-state index contributed by atoms with van der Waals surface area (Å²) in [6, 6.07) is 0. The molecule has 19 heavy (non-hydrogen) atoms. The molecule has 100 valence electrons. The van der Waals surface area contributed by atoms with E-state index >= 15 is 0 Å². The molecule has 5 nitrogen and oxygen atoms in total. The van der Waals surface area contributed by atoms with E-state index in [4.69, 9.17) is 4.42 Å². The van der Waals surface area contributed by atoms with Crippen molar-refractivity contribution >= 4 is 17.4 Å². The molecule has 0 bridgehead atoms. The molecule has 0 aromatic carbocycles. The van der Waals surface area contributed by atoms with Crippen LogP contribution in [0.15, 0.2) is 39.4 Å². The molecule has 0 saturated heterocycles. The third-order valence-electron chi connectivity index (χ3n) is 3.42. The highest BCUT2D eigenvalue weighted by Gasteiger charge is 2.27. The second-order valence-corrected chi connectivity index (χ2v) is 4.56. The van der Waals surface area contributed by atoms with Gasteiger partial charge in [0.25, 0.3) is 0 Å². The van der Waals surface area contributed by atoms with Crippen LogP contribution in [0.3, 0.4) is 0 Å². The summed E-state index contributed by atoms with van der Waals surface area (Å²) in [5.41, 5.74) is 2.24. The molecule has 1 aromatic heterocycles. The van der Waals surface area contributed by atoms with E-state index in [0.29, 0.717) is 41.1 Å². The molecule has 0 amide bonds. The summed E-state index contributed by atoms with van der Waals surface area (Å²) in [5.74, 6) is 0.557. The van der Waals surface area contributed by atoms with E-state index in [1.54, 1.807) is 20.8 Å². The summed E-state index contributed by atoms with van der Waals surface area (Å²) < 4.78 is 4.83. The fraction of sp³-hybridized carbons (Fsp3) is 0.357. The first kappa shape index (κ1) is 13.3. The van der Waals surface area contributed by atoms with Gasteiger partial charge >= 0.3 is 0 Å². The van der Waals surface area contributed by atoms with Crippen LogP contribution < -0.4 is 5.32 Å². The summed E-state index contributed by atoms with van der Waals surface area (Å²) in [4.78, 5) is 28.0. The minimum atomic E-state index is -0.0338. The maximum Gasteiger partial charge on any atom is 0.185 e. The monoisotopic (exact) mass is 260 g/mol. The zero-order valence-electron chi connectivity index (χ0n) is 11.2. The molecule has 0 fully saturated rings. The number of aromatic nitrogens is 1. The highest BCUT2D eigenvalue weighted by atomic mass is 16.3. The first-order valence-corrected chi connectivity index (χ1v) is 6.11. The summed E-state index contributed by atoms with van der Waals surface area (Å²) in [6.07, 6.45) is 3.32. The van der Waals surface area contributed by atoms with E-state index in [0.717, 1.165) is 0 Å². The van der Waals surface area contributed by atoms with E-state index in [1.807, 2.05) is 0 Å². The third-order valence-corrected chi connectivity index (χ3v) is 3.42. The van der Waals surface area contributed by atoms with Crippen LogP contribution in [0, 0.1) is 0 Å². The minimum Gasteiger partial charge on any atom is -0.449 e. The zero-order chi connectivity index (χ0) is 14.0. The first-order valence-electron chi connectivity index (χ1n) is 6.11. The van der Waals surface area contributed by atoms with Gasteiger partial charge in [-0.25, -0.2) is 0 Å². The molecule has 0 aliphatic heterocycles.